The molecule has 0 aliphatic rings. The number of halogens is 4. The monoisotopic (exact) mass is 401 g/mol. The summed E-state index contributed by atoms with van der Waals surface area (Å²) >= 11 is 23.4. The summed E-state index contributed by atoms with van der Waals surface area (Å²) in [7, 11) is 0. The van der Waals surface area contributed by atoms with Gasteiger partial charge >= 0.3 is 0 Å². The van der Waals surface area contributed by atoms with Crippen molar-refractivity contribution in [3.8, 4) is 17.6 Å². The normalized spacial score (nSPS) is 9.96. The minimum absolute atomic E-state index is 0.117. The Labute approximate surface area is 159 Å². The largest absolute Gasteiger partial charge is 0.489 e. The van der Waals surface area contributed by atoms with Gasteiger partial charge in [0.15, 0.2) is 5.75 Å². The Morgan fingerprint density at radius 1 is 1.08 bits per heavy atom. The molecule has 124 valence electrons. The predicted molar refractivity (Wildman–Crippen MR) is 97.2 cm³/mol. The molecule has 0 heterocycles. The highest BCUT2D eigenvalue weighted by atomic mass is 35.5. The molecule has 0 unspecified atom stereocenters. The van der Waals surface area contributed by atoms with Gasteiger partial charge in [0.1, 0.15) is 23.5 Å². The second-order valence-corrected chi connectivity index (χ2v) is 6.44. The van der Waals surface area contributed by atoms with Crippen molar-refractivity contribution in [1.82, 2.24) is 0 Å². The van der Waals surface area contributed by atoms with Crippen LogP contribution in [0.25, 0.3) is 0 Å². The van der Waals surface area contributed by atoms with E-state index in [9.17, 15) is 0 Å². The van der Waals surface area contributed by atoms with Gasteiger partial charge in [0, 0.05) is 12.1 Å². The van der Waals surface area contributed by atoms with E-state index < -0.39 is 0 Å². The average molecular weight is 403 g/mol. The fourth-order valence-corrected chi connectivity index (χ4v) is 2.55. The Balaban J connectivity index is 2.08. The first-order chi connectivity index (χ1) is 11.5. The Bertz CT molecular complexity index is 772. The molecule has 0 aliphatic heterocycles. The molecular formula is C17H11Cl4NO2. The van der Waals surface area contributed by atoms with Gasteiger partial charge in [0.05, 0.1) is 21.7 Å². The molecule has 0 fully saturated rings. The zero-order chi connectivity index (χ0) is 17.5. The van der Waals surface area contributed by atoms with E-state index >= 15 is 0 Å². The zero-order valence-electron chi connectivity index (χ0n) is 12.2. The molecule has 0 saturated carbocycles. The summed E-state index contributed by atoms with van der Waals surface area (Å²) in [5.41, 5.74) is 1.39. The van der Waals surface area contributed by atoms with Gasteiger partial charge in [-0.3, -0.25) is 0 Å². The number of ether oxygens (including phenoxy) is 2. The van der Waals surface area contributed by atoms with E-state index in [2.05, 4.69) is 6.07 Å². The van der Waals surface area contributed by atoms with E-state index in [-0.39, 0.29) is 17.7 Å². The van der Waals surface area contributed by atoms with E-state index in [1.54, 1.807) is 30.3 Å². The molecule has 0 amide bonds. The highest BCUT2D eigenvalue weighted by Gasteiger charge is 2.11. The maximum absolute atomic E-state index is 8.90. The van der Waals surface area contributed by atoms with Crippen LogP contribution < -0.4 is 9.47 Å². The molecule has 0 aromatic heterocycles. The van der Waals surface area contributed by atoms with E-state index in [1.165, 1.54) is 6.08 Å². The summed E-state index contributed by atoms with van der Waals surface area (Å²) in [4.78, 5) is 0. The highest BCUT2D eigenvalue weighted by Crippen LogP contribution is 2.37. The maximum atomic E-state index is 8.90. The Morgan fingerprint density at radius 3 is 2.42 bits per heavy atom. The lowest BCUT2D eigenvalue weighted by atomic mass is 10.1. The van der Waals surface area contributed by atoms with E-state index in [0.29, 0.717) is 27.1 Å². The zero-order valence-corrected chi connectivity index (χ0v) is 15.3. The van der Waals surface area contributed by atoms with E-state index in [4.69, 9.17) is 61.1 Å². The fraction of sp³-hybridized carbons (Fsp3) is 0.118. The Hall–Kier alpha value is -1.57. The maximum Gasteiger partial charge on any atom is 0.157 e. The van der Waals surface area contributed by atoms with Gasteiger partial charge in [0.25, 0.3) is 0 Å². The highest BCUT2D eigenvalue weighted by molar-refractivity contribution is 6.55. The van der Waals surface area contributed by atoms with E-state index in [0.717, 1.165) is 5.56 Å². The van der Waals surface area contributed by atoms with Crippen LogP contribution in [0.3, 0.4) is 0 Å². The van der Waals surface area contributed by atoms with Crippen molar-refractivity contribution in [2.75, 3.05) is 6.61 Å². The lowest BCUT2D eigenvalue weighted by Crippen LogP contribution is -1.99. The van der Waals surface area contributed by atoms with Crippen molar-refractivity contribution in [2.24, 2.45) is 0 Å². The molecule has 0 saturated heterocycles. The summed E-state index contributed by atoms with van der Waals surface area (Å²) in [6.45, 7) is 0.426. The molecule has 3 nitrogen and oxygen atoms in total. The topological polar surface area (TPSA) is 42.2 Å². The van der Waals surface area contributed by atoms with Crippen LogP contribution in [0.15, 0.2) is 47.0 Å². The summed E-state index contributed by atoms with van der Waals surface area (Å²) in [6, 6.07) is 12.3. The van der Waals surface area contributed by atoms with Gasteiger partial charge < -0.3 is 9.47 Å². The Morgan fingerprint density at radius 2 is 1.79 bits per heavy atom. The summed E-state index contributed by atoms with van der Waals surface area (Å²) < 4.78 is 11.2. The van der Waals surface area contributed by atoms with Crippen LogP contribution in [0.2, 0.25) is 10.0 Å². The van der Waals surface area contributed by atoms with Crippen molar-refractivity contribution in [3.05, 3.63) is 68.1 Å². The number of hydrogen-bond acceptors (Lipinski definition) is 3. The van der Waals surface area contributed by atoms with Crippen molar-refractivity contribution >= 4 is 46.4 Å². The molecule has 0 atom stereocenters. The minimum Gasteiger partial charge on any atom is -0.489 e. The number of rotatable bonds is 6. The fourth-order valence-electron chi connectivity index (χ4n) is 1.84. The number of nitriles is 1. The van der Waals surface area contributed by atoms with Crippen molar-refractivity contribution in [1.29, 1.82) is 5.26 Å². The summed E-state index contributed by atoms with van der Waals surface area (Å²) in [5, 5.41) is 9.53. The van der Waals surface area contributed by atoms with E-state index in [1.807, 2.05) is 6.07 Å². The van der Waals surface area contributed by atoms with Gasteiger partial charge in [-0.15, -0.1) is 0 Å². The number of hydrogen-bond donors (Lipinski definition) is 0. The summed E-state index contributed by atoms with van der Waals surface area (Å²) in [5.74, 6) is 0.814. The molecular weight excluding hydrogens is 392 g/mol. The van der Waals surface area contributed by atoms with Gasteiger partial charge in [-0.1, -0.05) is 58.5 Å². The molecule has 0 aliphatic carbocycles. The van der Waals surface area contributed by atoms with Crippen LogP contribution >= 0.6 is 46.4 Å². The van der Waals surface area contributed by atoms with Crippen LogP contribution in [0.1, 0.15) is 11.1 Å². The quantitative estimate of drug-likeness (QED) is 0.582. The molecule has 2 aromatic carbocycles. The standard InChI is InChI=1S/C17H11Cl4NO2/c18-14-7-13(23-5-4-16(20)21)8-15(19)17(14)24-10-12-3-1-2-11(6-12)9-22/h1-4,6-8H,5,10H2. The molecule has 7 heteroatoms. The van der Waals surface area contributed by atoms with Gasteiger partial charge in [-0.05, 0) is 23.8 Å². The van der Waals surface area contributed by atoms with Crippen molar-refractivity contribution in [2.45, 2.75) is 6.61 Å². The first-order valence-corrected chi connectivity index (χ1v) is 8.25. The van der Waals surface area contributed by atoms with Crippen LogP contribution in [0.5, 0.6) is 11.5 Å². The smallest absolute Gasteiger partial charge is 0.157 e. The molecule has 0 spiro atoms. The third-order valence-corrected chi connectivity index (χ3v) is 3.77. The van der Waals surface area contributed by atoms with Crippen molar-refractivity contribution < 1.29 is 9.47 Å². The van der Waals surface area contributed by atoms with Crippen molar-refractivity contribution in [3.63, 3.8) is 0 Å². The lowest BCUT2D eigenvalue weighted by molar-refractivity contribution is 0.305. The molecule has 0 bridgehead atoms. The second-order valence-electron chi connectivity index (χ2n) is 4.62. The molecule has 2 rings (SSSR count). The first-order valence-electron chi connectivity index (χ1n) is 6.74. The Kier molecular flexibility index (Phi) is 7.08. The van der Waals surface area contributed by atoms with Gasteiger partial charge in [-0.25, -0.2) is 0 Å². The second kappa shape index (κ2) is 9.05. The average Bonchev–Trinajstić information content (AvgIpc) is 2.54. The lowest BCUT2D eigenvalue weighted by Gasteiger charge is -2.12. The first kappa shape index (κ1) is 18.8. The number of benzene rings is 2. The van der Waals surface area contributed by atoms with Crippen LogP contribution in [0.4, 0.5) is 0 Å². The summed E-state index contributed by atoms with van der Waals surface area (Å²) in [6.07, 6.45) is 1.50. The number of nitrogens with zero attached hydrogens (tertiary/aromatic N) is 1. The van der Waals surface area contributed by atoms with Gasteiger partial charge in [0.2, 0.25) is 0 Å². The predicted octanol–water partition coefficient (Wildman–Crippen LogP) is 6.14. The third-order valence-electron chi connectivity index (χ3n) is 2.90. The molecule has 0 N–H and O–H groups in total. The van der Waals surface area contributed by atoms with Crippen LogP contribution in [-0.2, 0) is 6.61 Å². The third kappa shape index (κ3) is 5.51. The van der Waals surface area contributed by atoms with Crippen LogP contribution in [-0.4, -0.2) is 6.61 Å². The molecule has 24 heavy (non-hydrogen) atoms. The van der Waals surface area contributed by atoms with Crippen LogP contribution in [0, 0.1) is 11.3 Å². The molecule has 0 radical (unpaired) electrons. The molecule has 2 aromatic rings. The van der Waals surface area contributed by atoms with Gasteiger partial charge in [-0.2, -0.15) is 5.26 Å². The minimum atomic E-state index is 0.117. The SMILES string of the molecule is N#Cc1cccc(COc2c(Cl)cc(OCC=C(Cl)Cl)cc2Cl)c1.